The third-order valence-corrected chi connectivity index (χ3v) is 6.28. The fraction of sp³-hybridized carbons (Fsp3) is 0.708. The molecule has 180 valence electrons. The van der Waals surface area contributed by atoms with E-state index in [1.807, 2.05) is 0 Å². The number of hydrogen-bond acceptors (Lipinski definition) is 5. The maximum atomic E-state index is 13.5. The molecule has 0 unspecified atom stereocenters. The van der Waals surface area contributed by atoms with Gasteiger partial charge in [-0.1, -0.05) is 38.7 Å². The van der Waals surface area contributed by atoms with Gasteiger partial charge in [0.25, 0.3) is 6.43 Å². The second-order valence-electron chi connectivity index (χ2n) is 8.73. The van der Waals surface area contributed by atoms with Crippen molar-refractivity contribution in [3.05, 3.63) is 23.8 Å². The Morgan fingerprint density at radius 2 is 1.94 bits per heavy atom. The van der Waals surface area contributed by atoms with Crippen LogP contribution in [0.5, 0.6) is 11.5 Å². The van der Waals surface area contributed by atoms with Crippen molar-refractivity contribution >= 4 is 5.91 Å². The number of ether oxygens (including phenoxy) is 2. The molecule has 0 saturated carbocycles. The summed E-state index contributed by atoms with van der Waals surface area (Å²) in [5, 5.41) is 14.1. The summed E-state index contributed by atoms with van der Waals surface area (Å²) in [6.07, 6.45) is 3.13. The lowest BCUT2D eigenvalue weighted by atomic mass is 10.00. The van der Waals surface area contributed by atoms with Crippen LogP contribution >= 0.6 is 0 Å². The van der Waals surface area contributed by atoms with Gasteiger partial charge < -0.3 is 19.9 Å². The number of nitrogens with one attached hydrogen (secondary N) is 1. The van der Waals surface area contributed by atoms with Crippen molar-refractivity contribution in [3.8, 4) is 11.5 Å². The molecule has 0 bridgehead atoms. The van der Waals surface area contributed by atoms with Gasteiger partial charge in [0.05, 0.1) is 12.1 Å². The number of carbonyl (C=O) groups is 1. The molecule has 1 fully saturated rings. The molecule has 8 heteroatoms. The Morgan fingerprint density at radius 3 is 2.69 bits per heavy atom. The average Bonchev–Trinajstić information content (AvgIpc) is 3.26. The SMILES string of the molecule is CCCCCCCC(=O)N[C@H](CN1CCC[C@@H]1C(F)F)[C@H](O)c1ccc2c(c1)OCCO2. The second kappa shape index (κ2) is 12.3. The van der Waals surface area contributed by atoms with Crippen molar-refractivity contribution < 1.29 is 28.2 Å². The number of benzene rings is 1. The predicted molar refractivity (Wildman–Crippen MR) is 118 cm³/mol. The van der Waals surface area contributed by atoms with Crippen LogP contribution in [-0.4, -0.2) is 60.7 Å². The van der Waals surface area contributed by atoms with Crippen molar-refractivity contribution in [2.24, 2.45) is 0 Å². The summed E-state index contributed by atoms with van der Waals surface area (Å²) in [6, 6.07) is 3.64. The quantitative estimate of drug-likeness (QED) is 0.466. The number of aliphatic hydroxyl groups excluding tert-OH is 1. The minimum atomic E-state index is -2.45. The summed E-state index contributed by atoms with van der Waals surface area (Å²) in [4.78, 5) is 14.3. The molecule has 3 rings (SSSR count). The summed E-state index contributed by atoms with van der Waals surface area (Å²) in [5.74, 6) is 0.994. The van der Waals surface area contributed by atoms with E-state index in [2.05, 4.69) is 12.2 Å². The Kier molecular flexibility index (Phi) is 9.53. The van der Waals surface area contributed by atoms with Crippen LogP contribution in [0, 0.1) is 0 Å². The number of carbonyl (C=O) groups excluding carboxylic acids is 1. The lowest BCUT2D eigenvalue weighted by molar-refractivity contribution is -0.123. The number of rotatable bonds is 12. The molecule has 2 aliphatic heterocycles. The first-order chi connectivity index (χ1) is 15.5. The zero-order valence-electron chi connectivity index (χ0n) is 18.9. The van der Waals surface area contributed by atoms with Crippen LogP contribution < -0.4 is 14.8 Å². The Balaban J connectivity index is 1.68. The van der Waals surface area contributed by atoms with Gasteiger partial charge in [0.2, 0.25) is 5.91 Å². The third kappa shape index (κ3) is 6.78. The van der Waals surface area contributed by atoms with Gasteiger partial charge in [-0.05, 0) is 43.5 Å². The first-order valence-electron chi connectivity index (χ1n) is 11.9. The van der Waals surface area contributed by atoms with Crippen molar-refractivity contribution in [1.82, 2.24) is 10.2 Å². The number of alkyl halides is 2. The zero-order valence-corrected chi connectivity index (χ0v) is 18.9. The van der Waals surface area contributed by atoms with Crippen LogP contribution in [0.1, 0.15) is 70.0 Å². The number of unbranched alkanes of at least 4 members (excludes halogenated alkanes) is 4. The molecule has 2 heterocycles. The number of nitrogens with zero attached hydrogens (tertiary/aromatic N) is 1. The van der Waals surface area contributed by atoms with E-state index in [0.29, 0.717) is 56.1 Å². The number of amides is 1. The van der Waals surface area contributed by atoms with E-state index in [1.54, 1.807) is 23.1 Å². The summed E-state index contributed by atoms with van der Waals surface area (Å²) < 4.78 is 38.1. The minimum absolute atomic E-state index is 0.157. The molecule has 2 N–H and O–H groups in total. The molecule has 1 aromatic carbocycles. The lowest BCUT2D eigenvalue weighted by Gasteiger charge is -2.32. The van der Waals surface area contributed by atoms with E-state index in [1.165, 1.54) is 0 Å². The van der Waals surface area contributed by atoms with Gasteiger partial charge in [-0.2, -0.15) is 0 Å². The van der Waals surface area contributed by atoms with E-state index >= 15 is 0 Å². The molecular formula is C24H36F2N2O4. The van der Waals surface area contributed by atoms with E-state index in [0.717, 1.165) is 32.1 Å². The maximum absolute atomic E-state index is 13.5. The molecular weight excluding hydrogens is 418 g/mol. The topological polar surface area (TPSA) is 71.0 Å². The molecule has 2 aliphatic rings. The van der Waals surface area contributed by atoms with Gasteiger partial charge in [0, 0.05) is 13.0 Å². The first kappa shape index (κ1) is 24.7. The molecule has 1 aromatic rings. The van der Waals surface area contributed by atoms with Crippen LogP contribution in [0.4, 0.5) is 8.78 Å². The molecule has 3 atom stereocenters. The highest BCUT2D eigenvalue weighted by molar-refractivity contribution is 5.76. The smallest absolute Gasteiger partial charge is 0.253 e. The Labute approximate surface area is 189 Å². The monoisotopic (exact) mass is 454 g/mol. The van der Waals surface area contributed by atoms with Gasteiger partial charge in [-0.25, -0.2) is 8.78 Å². The van der Waals surface area contributed by atoms with Gasteiger partial charge in [0.1, 0.15) is 19.3 Å². The van der Waals surface area contributed by atoms with Crippen LogP contribution in [-0.2, 0) is 4.79 Å². The largest absolute Gasteiger partial charge is 0.486 e. The van der Waals surface area contributed by atoms with Crippen LogP contribution in [0.25, 0.3) is 0 Å². The molecule has 0 aliphatic carbocycles. The highest BCUT2D eigenvalue weighted by atomic mass is 19.3. The van der Waals surface area contributed by atoms with Crippen LogP contribution in [0.15, 0.2) is 18.2 Å². The average molecular weight is 455 g/mol. The molecule has 32 heavy (non-hydrogen) atoms. The van der Waals surface area contributed by atoms with E-state index in [9.17, 15) is 18.7 Å². The van der Waals surface area contributed by atoms with E-state index in [-0.39, 0.29) is 12.5 Å². The third-order valence-electron chi connectivity index (χ3n) is 6.28. The van der Waals surface area contributed by atoms with E-state index in [4.69, 9.17) is 9.47 Å². The minimum Gasteiger partial charge on any atom is -0.486 e. The molecule has 1 saturated heterocycles. The molecule has 0 aromatic heterocycles. The zero-order chi connectivity index (χ0) is 22.9. The molecule has 0 radical (unpaired) electrons. The van der Waals surface area contributed by atoms with E-state index < -0.39 is 24.6 Å². The molecule has 0 spiro atoms. The fourth-order valence-corrected chi connectivity index (χ4v) is 4.49. The van der Waals surface area contributed by atoms with Crippen molar-refractivity contribution in [2.45, 2.75) is 82.9 Å². The number of hydrogen-bond donors (Lipinski definition) is 2. The Bertz CT molecular complexity index is 734. The van der Waals surface area contributed by atoms with Crippen LogP contribution in [0.3, 0.4) is 0 Å². The maximum Gasteiger partial charge on any atom is 0.253 e. The van der Waals surface area contributed by atoms with Crippen molar-refractivity contribution in [3.63, 3.8) is 0 Å². The highest BCUT2D eigenvalue weighted by Gasteiger charge is 2.35. The standard InChI is InChI=1S/C24H36F2N2O4/c1-2-3-4-5-6-9-22(29)27-18(16-28-12-7-8-19(28)24(25)26)23(30)17-10-11-20-21(15-17)32-14-13-31-20/h10-11,15,18-19,23-24,30H,2-9,12-14,16H2,1H3,(H,27,29)/t18-,19-,23-/m1/s1. The van der Waals surface area contributed by atoms with Gasteiger partial charge in [-0.3, -0.25) is 9.69 Å². The first-order valence-corrected chi connectivity index (χ1v) is 11.9. The number of likely N-dealkylation sites (tertiary alicyclic amines) is 1. The Hall–Kier alpha value is -1.93. The number of aliphatic hydroxyl groups is 1. The fourth-order valence-electron chi connectivity index (χ4n) is 4.49. The van der Waals surface area contributed by atoms with Crippen LogP contribution in [0.2, 0.25) is 0 Å². The lowest BCUT2D eigenvalue weighted by Crippen LogP contribution is -2.49. The van der Waals surface area contributed by atoms with Crippen molar-refractivity contribution in [1.29, 1.82) is 0 Å². The molecule has 6 nitrogen and oxygen atoms in total. The van der Waals surface area contributed by atoms with Gasteiger partial charge in [-0.15, -0.1) is 0 Å². The summed E-state index contributed by atoms with van der Waals surface area (Å²) in [7, 11) is 0. The van der Waals surface area contributed by atoms with Gasteiger partial charge >= 0.3 is 0 Å². The van der Waals surface area contributed by atoms with Gasteiger partial charge in [0.15, 0.2) is 11.5 Å². The number of fused-ring (bicyclic) bond motifs is 1. The van der Waals surface area contributed by atoms with Crippen molar-refractivity contribution in [2.75, 3.05) is 26.3 Å². The Morgan fingerprint density at radius 1 is 1.19 bits per heavy atom. The molecule has 1 amide bonds. The summed E-state index contributed by atoms with van der Waals surface area (Å²) >= 11 is 0. The normalized spacial score (nSPS) is 20.3. The summed E-state index contributed by atoms with van der Waals surface area (Å²) in [6.45, 7) is 3.74. The highest BCUT2D eigenvalue weighted by Crippen LogP contribution is 2.34. The second-order valence-corrected chi connectivity index (χ2v) is 8.73. The summed E-state index contributed by atoms with van der Waals surface area (Å²) in [5.41, 5.74) is 0.565. The number of halogens is 2. The predicted octanol–water partition coefficient (Wildman–Crippen LogP) is 4.07.